The number of aromatic hydroxyl groups is 3. The van der Waals surface area contributed by atoms with Crippen LogP contribution in [0, 0.1) is 0 Å². The van der Waals surface area contributed by atoms with Gasteiger partial charge in [-0.3, -0.25) is 0 Å². The predicted molar refractivity (Wildman–Crippen MR) is 93.9 cm³/mol. The highest BCUT2D eigenvalue weighted by atomic mass is 16.5. The van der Waals surface area contributed by atoms with Gasteiger partial charge in [0.15, 0.2) is 17.2 Å². The molecule has 0 bridgehead atoms. The summed E-state index contributed by atoms with van der Waals surface area (Å²) in [5.74, 6) is -1.15. The van der Waals surface area contributed by atoms with Gasteiger partial charge in [-0.1, -0.05) is 64.0 Å². The third-order valence-corrected chi connectivity index (χ3v) is 3.76. The summed E-state index contributed by atoms with van der Waals surface area (Å²) in [6, 6.07) is 2.79. The Morgan fingerprint density at radius 2 is 1.43 bits per heavy atom. The highest BCUT2D eigenvalue weighted by Crippen LogP contribution is 2.35. The van der Waals surface area contributed by atoms with Gasteiger partial charge in [-0.2, -0.15) is 0 Å². The monoisotopic (exact) mass is 322 g/mol. The molecule has 0 spiro atoms. The van der Waals surface area contributed by atoms with Gasteiger partial charge in [0.25, 0.3) is 0 Å². The third kappa shape index (κ3) is 8.50. The molecule has 3 N–H and O–H groups in total. The first-order valence-corrected chi connectivity index (χ1v) is 8.64. The molecule has 23 heavy (non-hydrogen) atoms. The topological polar surface area (TPSA) is 69.9 Å². The second kappa shape index (κ2) is 11.8. The fourth-order valence-electron chi connectivity index (χ4n) is 2.40. The first-order valence-electron chi connectivity index (χ1n) is 8.64. The highest BCUT2D eigenvalue weighted by Gasteiger charge is 2.05. The number of phenols is 3. The zero-order valence-corrected chi connectivity index (χ0v) is 14.1. The van der Waals surface area contributed by atoms with Crippen LogP contribution in [0.25, 0.3) is 6.08 Å². The van der Waals surface area contributed by atoms with Crippen LogP contribution in [0.3, 0.4) is 0 Å². The van der Waals surface area contributed by atoms with Crippen LogP contribution in [0.1, 0.15) is 63.9 Å². The van der Waals surface area contributed by atoms with Gasteiger partial charge in [-0.15, -0.1) is 0 Å². The normalized spacial score (nSPS) is 11.3. The Hall–Kier alpha value is -1.68. The SMILES string of the molecule is CCCCCCCCCCOC/C=C/c1cc(O)c(O)c(O)c1. The molecule has 0 radical (unpaired) electrons. The lowest BCUT2D eigenvalue weighted by Gasteiger charge is -2.03. The van der Waals surface area contributed by atoms with E-state index in [0.29, 0.717) is 12.2 Å². The lowest BCUT2D eigenvalue weighted by molar-refractivity contribution is 0.157. The summed E-state index contributed by atoms with van der Waals surface area (Å²) >= 11 is 0. The molecular formula is C19H30O4. The van der Waals surface area contributed by atoms with Crippen LogP contribution in [0.4, 0.5) is 0 Å². The minimum atomic E-state index is -0.493. The molecule has 130 valence electrons. The van der Waals surface area contributed by atoms with Crippen molar-refractivity contribution < 1.29 is 20.1 Å². The summed E-state index contributed by atoms with van der Waals surface area (Å²) in [5.41, 5.74) is 0.619. The van der Waals surface area contributed by atoms with Gasteiger partial charge < -0.3 is 20.1 Å². The Labute approximate surface area is 139 Å². The van der Waals surface area contributed by atoms with Crippen molar-refractivity contribution in [2.75, 3.05) is 13.2 Å². The summed E-state index contributed by atoms with van der Waals surface area (Å²) < 4.78 is 5.52. The molecule has 0 unspecified atom stereocenters. The predicted octanol–water partition coefficient (Wildman–Crippen LogP) is 4.97. The zero-order valence-electron chi connectivity index (χ0n) is 14.1. The van der Waals surface area contributed by atoms with Gasteiger partial charge in [-0.25, -0.2) is 0 Å². The van der Waals surface area contributed by atoms with E-state index in [9.17, 15) is 15.3 Å². The molecule has 0 fully saturated rings. The molecule has 1 rings (SSSR count). The summed E-state index contributed by atoms with van der Waals surface area (Å²) in [6.07, 6.45) is 13.9. The van der Waals surface area contributed by atoms with E-state index in [1.54, 1.807) is 6.08 Å². The molecule has 1 aromatic carbocycles. The Morgan fingerprint density at radius 3 is 2.04 bits per heavy atom. The highest BCUT2D eigenvalue weighted by molar-refractivity contribution is 5.60. The minimum absolute atomic E-state index is 0.329. The molecule has 0 aromatic heterocycles. The number of hydrogen-bond acceptors (Lipinski definition) is 4. The summed E-state index contributed by atoms with van der Waals surface area (Å²) in [4.78, 5) is 0. The number of rotatable bonds is 12. The smallest absolute Gasteiger partial charge is 0.200 e. The van der Waals surface area contributed by atoms with Gasteiger partial charge in [-0.05, 0) is 24.1 Å². The van der Waals surface area contributed by atoms with Crippen LogP contribution in [0.5, 0.6) is 17.2 Å². The Balaban J connectivity index is 2.05. The van der Waals surface area contributed by atoms with Crippen LogP contribution in [-0.2, 0) is 4.74 Å². The average Bonchev–Trinajstić information content (AvgIpc) is 2.53. The molecule has 0 aliphatic heterocycles. The van der Waals surface area contributed by atoms with Gasteiger partial charge in [0.2, 0.25) is 0 Å². The summed E-state index contributed by atoms with van der Waals surface area (Å²) in [5, 5.41) is 28.0. The van der Waals surface area contributed by atoms with Crippen molar-refractivity contribution >= 4 is 6.08 Å². The van der Waals surface area contributed by atoms with Crippen molar-refractivity contribution in [3.05, 3.63) is 23.8 Å². The van der Waals surface area contributed by atoms with Crippen LogP contribution < -0.4 is 0 Å². The number of ether oxygens (including phenoxy) is 1. The standard InChI is InChI=1S/C19H30O4/c1-2-3-4-5-6-7-8-9-12-23-13-10-11-16-14-17(20)19(22)18(21)15-16/h10-11,14-15,20-22H,2-9,12-13H2,1H3/b11-10+. The van der Waals surface area contributed by atoms with Crippen molar-refractivity contribution in [1.82, 2.24) is 0 Å². The first-order chi connectivity index (χ1) is 11.1. The fourth-order valence-corrected chi connectivity index (χ4v) is 2.40. The molecule has 0 aliphatic carbocycles. The lowest BCUT2D eigenvalue weighted by atomic mass is 10.1. The minimum Gasteiger partial charge on any atom is -0.504 e. The Bertz CT molecular complexity index is 445. The van der Waals surface area contributed by atoms with E-state index in [-0.39, 0.29) is 11.5 Å². The van der Waals surface area contributed by atoms with Gasteiger partial charge in [0.1, 0.15) is 0 Å². The molecule has 0 saturated carbocycles. The number of phenolic OH excluding ortho intramolecular Hbond substituents is 3. The Kier molecular flexibility index (Phi) is 9.96. The second-order valence-corrected chi connectivity index (χ2v) is 5.86. The molecule has 1 aromatic rings. The van der Waals surface area contributed by atoms with E-state index in [2.05, 4.69) is 6.92 Å². The van der Waals surface area contributed by atoms with E-state index in [1.807, 2.05) is 6.08 Å². The first kappa shape index (κ1) is 19.4. The van der Waals surface area contributed by atoms with E-state index >= 15 is 0 Å². The molecule has 0 heterocycles. The third-order valence-electron chi connectivity index (χ3n) is 3.76. The molecule has 0 saturated heterocycles. The van der Waals surface area contributed by atoms with Gasteiger partial charge in [0.05, 0.1) is 6.61 Å². The van der Waals surface area contributed by atoms with Crippen LogP contribution in [0.2, 0.25) is 0 Å². The summed E-state index contributed by atoms with van der Waals surface area (Å²) in [7, 11) is 0. The van der Waals surface area contributed by atoms with Crippen molar-refractivity contribution in [2.24, 2.45) is 0 Å². The fraction of sp³-hybridized carbons (Fsp3) is 0.579. The van der Waals surface area contributed by atoms with Gasteiger partial charge >= 0.3 is 0 Å². The number of benzene rings is 1. The van der Waals surface area contributed by atoms with E-state index < -0.39 is 5.75 Å². The summed E-state index contributed by atoms with van der Waals surface area (Å²) in [6.45, 7) is 3.49. The average molecular weight is 322 g/mol. The van der Waals surface area contributed by atoms with E-state index in [0.717, 1.165) is 13.0 Å². The Morgan fingerprint density at radius 1 is 0.870 bits per heavy atom. The molecule has 0 atom stereocenters. The maximum Gasteiger partial charge on any atom is 0.200 e. The van der Waals surface area contributed by atoms with E-state index in [1.165, 1.54) is 57.1 Å². The molecule has 0 amide bonds. The maximum absolute atomic E-state index is 9.40. The molecular weight excluding hydrogens is 292 g/mol. The van der Waals surface area contributed by atoms with Crippen molar-refractivity contribution in [2.45, 2.75) is 58.3 Å². The quantitative estimate of drug-likeness (QED) is 0.375. The van der Waals surface area contributed by atoms with Crippen LogP contribution in [0.15, 0.2) is 18.2 Å². The second-order valence-electron chi connectivity index (χ2n) is 5.86. The number of hydrogen-bond donors (Lipinski definition) is 3. The van der Waals surface area contributed by atoms with Crippen LogP contribution >= 0.6 is 0 Å². The van der Waals surface area contributed by atoms with Gasteiger partial charge in [0, 0.05) is 6.61 Å². The lowest BCUT2D eigenvalue weighted by Crippen LogP contribution is -1.94. The largest absolute Gasteiger partial charge is 0.504 e. The van der Waals surface area contributed by atoms with Crippen molar-refractivity contribution in [1.29, 1.82) is 0 Å². The number of unbranched alkanes of at least 4 members (excludes halogenated alkanes) is 7. The zero-order chi connectivity index (χ0) is 16.9. The van der Waals surface area contributed by atoms with E-state index in [4.69, 9.17) is 4.74 Å². The van der Waals surface area contributed by atoms with Crippen LogP contribution in [-0.4, -0.2) is 28.5 Å². The van der Waals surface area contributed by atoms with Crippen molar-refractivity contribution in [3.63, 3.8) is 0 Å². The molecule has 0 aliphatic rings. The molecule has 4 heteroatoms. The van der Waals surface area contributed by atoms with Crippen molar-refractivity contribution in [3.8, 4) is 17.2 Å². The molecule has 4 nitrogen and oxygen atoms in total. The maximum atomic E-state index is 9.40.